The topological polar surface area (TPSA) is 57.7 Å². The number of piperidine rings is 1. The largest absolute Gasteiger partial charge is 0.338 e. The molecule has 29 heavy (non-hydrogen) atoms. The van der Waals surface area contributed by atoms with Crippen molar-refractivity contribution in [1.29, 1.82) is 0 Å². The minimum Gasteiger partial charge on any atom is -0.338 e. The number of halogens is 2. The lowest BCUT2D eigenvalue weighted by atomic mass is 9.94. The first-order chi connectivity index (χ1) is 13.9. The number of carbonyl (C=O) groups is 1. The van der Waals surface area contributed by atoms with Crippen molar-refractivity contribution in [3.05, 3.63) is 63.6 Å². The third-order valence-corrected chi connectivity index (χ3v) is 8.62. The zero-order chi connectivity index (χ0) is 20.6. The van der Waals surface area contributed by atoms with Crippen molar-refractivity contribution >= 4 is 39.1 Å². The molecule has 8 heteroatoms. The molecule has 2 aliphatic heterocycles. The highest BCUT2D eigenvalue weighted by molar-refractivity contribution is 7.89. The van der Waals surface area contributed by atoms with Gasteiger partial charge in [-0.25, -0.2) is 8.42 Å². The molecule has 0 aromatic heterocycles. The summed E-state index contributed by atoms with van der Waals surface area (Å²) in [6.45, 7) is 1.90. The molecule has 0 atom stereocenters. The SMILES string of the molecule is O=C(C1CCN(S(=O)(=O)c2c(Cl)cccc2Cl)CC1)N1CCc2ccccc2C1. The summed E-state index contributed by atoms with van der Waals surface area (Å²) in [5.41, 5.74) is 2.49. The third kappa shape index (κ3) is 4.04. The summed E-state index contributed by atoms with van der Waals surface area (Å²) in [6.07, 6.45) is 1.86. The molecule has 5 nitrogen and oxygen atoms in total. The summed E-state index contributed by atoms with van der Waals surface area (Å²) in [5, 5.41) is 0.227. The van der Waals surface area contributed by atoms with Crippen LogP contribution in [-0.4, -0.2) is 43.2 Å². The zero-order valence-electron chi connectivity index (χ0n) is 15.9. The Kier molecular flexibility index (Phi) is 5.89. The van der Waals surface area contributed by atoms with Gasteiger partial charge in [-0.3, -0.25) is 4.79 Å². The van der Waals surface area contributed by atoms with E-state index in [4.69, 9.17) is 23.2 Å². The minimum absolute atomic E-state index is 0.0549. The van der Waals surface area contributed by atoms with Crippen molar-refractivity contribution in [2.75, 3.05) is 19.6 Å². The summed E-state index contributed by atoms with van der Waals surface area (Å²) < 4.78 is 27.4. The molecule has 2 heterocycles. The molecule has 1 amide bonds. The van der Waals surface area contributed by atoms with E-state index in [2.05, 4.69) is 12.1 Å². The van der Waals surface area contributed by atoms with Crippen LogP contribution in [0.1, 0.15) is 24.0 Å². The number of sulfonamides is 1. The van der Waals surface area contributed by atoms with Crippen LogP contribution in [-0.2, 0) is 27.8 Å². The van der Waals surface area contributed by atoms with E-state index in [9.17, 15) is 13.2 Å². The van der Waals surface area contributed by atoms with Gasteiger partial charge < -0.3 is 4.90 Å². The lowest BCUT2D eigenvalue weighted by Gasteiger charge is -2.35. The fourth-order valence-electron chi connectivity index (χ4n) is 4.14. The van der Waals surface area contributed by atoms with E-state index in [1.807, 2.05) is 17.0 Å². The van der Waals surface area contributed by atoms with E-state index in [0.29, 0.717) is 25.9 Å². The summed E-state index contributed by atoms with van der Waals surface area (Å²) in [6, 6.07) is 12.9. The number of benzene rings is 2. The van der Waals surface area contributed by atoms with E-state index in [0.717, 1.165) is 6.42 Å². The van der Waals surface area contributed by atoms with Crippen molar-refractivity contribution in [1.82, 2.24) is 9.21 Å². The van der Waals surface area contributed by atoms with Crippen LogP contribution in [0.5, 0.6) is 0 Å². The van der Waals surface area contributed by atoms with E-state index in [1.165, 1.54) is 27.6 Å². The molecule has 154 valence electrons. The normalized spacial score (nSPS) is 18.5. The van der Waals surface area contributed by atoms with Gasteiger partial charge in [0.15, 0.2) is 0 Å². The lowest BCUT2D eigenvalue weighted by Crippen LogP contribution is -2.45. The first kappa shape index (κ1) is 20.7. The van der Waals surface area contributed by atoms with Gasteiger partial charge in [-0.2, -0.15) is 4.31 Å². The van der Waals surface area contributed by atoms with Crippen LogP contribution in [0.15, 0.2) is 47.4 Å². The zero-order valence-corrected chi connectivity index (χ0v) is 18.2. The molecule has 2 aromatic rings. The average molecular weight is 453 g/mol. The molecule has 0 spiro atoms. The van der Waals surface area contributed by atoms with Gasteiger partial charge >= 0.3 is 0 Å². The van der Waals surface area contributed by atoms with Crippen LogP contribution in [0.3, 0.4) is 0 Å². The summed E-state index contributed by atoms with van der Waals surface area (Å²) >= 11 is 12.2. The number of hydrogen-bond donors (Lipinski definition) is 0. The van der Waals surface area contributed by atoms with Gasteiger partial charge in [-0.15, -0.1) is 0 Å². The first-order valence-electron chi connectivity index (χ1n) is 9.67. The number of rotatable bonds is 3. The molecule has 0 radical (unpaired) electrons. The van der Waals surface area contributed by atoms with Gasteiger partial charge in [-0.1, -0.05) is 53.5 Å². The second-order valence-corrected chi connectivity index (χ2v) is 10.2. The third-order valence-electron chi connectivity index (χ3n) is 5.76. The van der Waals surface area contributed by atoms with E-state index < -0.39 is 10.0 Å². The second kappa shape index (κ2) is 8.26. The number of nitrogens with zero attached hydrogens (tertiary/aromatic N) is 2. The molecule has 0 aliphatic carbocycles. The van der Waals surface area contributed by atoms with Crippen molar-refractivity contribution in [3.8, 4) is 0 Å². The Bertz CT molecular complexity index is 1010. The van der Waals surface area contributed by atoms with Crippen molar-refractivity contribution in [3.63, 3.8) is 0 Å². The summed E-state index contributed by atoms with van der Waals surface area (Å²) in [5.74, 6) is -0.0410. The highest BCUT2D eigenvalue weighted by Crippen LogP contribution is 2.34. The molecule has 1 fully saturated rings. The smallest absolute Gasteiger partial charge is 0.246 e. The summed E-state index contributed by atoms with van der Waals surface area (Å²) in [4.78, 5) is 14.9. The average Bonchev–Trinajstić information content (AvgIpc) is 2.72. The number of carbonyl (C=O) groups excluding carboxylic acids is 1. The second-order valence-electron chi connectivity index (χ2n) is 7.51. The Hall–Kier alpha value is -1.60. The molecule has 0 bridgehead atoms. The fourth-order valence-corrected chi connectivity index (χ4v) is 6.70. The van der Waals surface area contributed by atoms with Gasteiger partial charge in [0.2, 0.25) is 15.9 Å². The number of fused-ring (bicyclic) bond motifs is 1. The minimum atomic E-state index is -3.79. The predicted octanol–water partition coefficient (Wildman–Crippen LogP) is 3.98. The van der Waals surface area contributed by atoms with E-state index in [1.54, 1.807) is 6.07 Å². The fraction of sp³-hybridized carbons (Fsp3) is 0.381. The van der Waals surface area contributed by atoms with Gasteiger partial charge in [0.25, 0.3) is 0 Å². The molecule has 0 N–H and O–H groups in total. The number of amides is 1. The van der Waals surface area contributed by atoms with Gasteiger partial charge in [0, 0.05) is 32.1 Å². The van der Waals surface area contributed by atoms with Crippen LogP contribution >= 0.6 is 23.2 Å². The van der Waals surface area contributed by atoms with Gasteiger partial charge in [-0.05, 0) is 42.5 Å². The van der Waals surface area contributed by atoms with Crippen molar-refractivity contribution in [2.45, 2.75) is 30.7 Å². The number of hydrogen-bond acceptors (Lipinski definition) is 3. The Morgan fingerprint density at radius 3 is 2.17 bits per heavy atom. The Morgan fingerprint density at radius 1 is 0.897 bits per heavy atom. The highest BCUT2D eigenvalue weighted by Gasteiger charge is 2.36. The van der Waals surface area contributed by atoms with E-state index in [-0.39, 0.29) is 39.9 Å². The highest BCUT2D eigenvalue weighted by atomic mass is 35.5. The molecule has 2 aliphatic rings. The molecular weight excluding hydrogens is 431 g/mol. The van der Waals surface area contributed by atoms with Crippen molar-refractivity contribution < 1.29 is 13.2 Å². The van der Waals surface area contributed by atoms with E-state index >= 15 is 0 Å². The van der Waals surface area contributed by atoms with Crippen LogP contribution in [0.2, 0.25) is 10.0 Å². The maximum Gasteiger partial charge on any atom is 0.246 e. The summed E-state index contributed by atoms with van der Waals surface area (Å²) in [7, 11) is -3.79. The quantitative estimate of drug-likeness (QED) is 0.707. The van der Waals surface area contributed by atoms with Gasteiger partial charge in [0.05, 0.1) is 10.0 Å². The molecular formula is C21H22Cl2N2O3S. The molecule has 0 unspecified atom stereocenters. The molecule has 1 saturated heterocycles. The lowest BCUT2D eigenvalue weighted by molar-refractivity contribution is -0.137. The molecule has 4 rings (SSSR count). The Labute approximate surface area is 181 Å². The monoisotopic (exact) mass is 452 g/mol. The molecule has 0 saturated carbocycles. The van der Waals surface area contributed by atoms with Crippen molar-refractivity contribution in [2.24, 2.45) is 5.92 Å². The van der Waals surface area contributed by atoms with Gasteiger partial charge in [0.1, 0.15) is 4.90 Å². The molecule has 2 aromatic carbocycles. The first-order valence-corrected chi connectivity index (χ1v) is 11.9. The Morgan fingerprint density at radius 2 is 1.52 bits per heavy atom. The standard InChI is InChI=1S/C21H22Cl2N2O3S/c22-18-6-3-7-19(23)20(18)29(27,28)25-12-9-16(10-13-25)21(26)24-11-8-15-4-1-2-5-17(15)14-24/h1-7,16H,8-14H2. The Balaban J connectivity index is 1.43. The van der Waals surface area contributed by atoms with Crippen LogP contribution in [0.25, 0.3) is 0 Å². The maximum absolute atomic E-state index is 13.0. The predicted molar refractivity (Wildman–Crippen MR) is 114 cm³/mol. The van der Waals surface area contributed by atoms with Crippen LogP contribution < -0.4 is 0 Å². The maximum atomic E-state index is 13.0. The van der Waals surface area contributed by atoms with Crippen LogP contribution in [0, 0.1) is 5.92 Å². The van der Waals surface area contributed by atoms with Crippen LogP contribution in [0.4, 0.5) is 0 Å².